The minimum absolute atomic E-state index is 0.288. The second-order valence-electron chi connectivity index (χ2n) is 4.02. The van der Waals surface area contributed by atoms with E-state index in [0.717, 1.165) is 4.68 Å². The summed E-state index contributed by atoms with van der Waals surface area (Å²) in [6, 6.07) is 0. The maximum Gasteiger partial charge on any atom is 0.408 e. The fraction of sp³-hybridized carbons (Fsp3) is 0.636. The molecule has 18 heavy (non-hydrogen) atoms. The van der Waals surface area contributed by atoms with Gasteiger partial charge in [-0.15, -0.1) is 0 Å². The third kappa shape index (κ3) is 4.77. The lowest BCUT2D eigenvalue weighted by molar-refractivity contribution is -0.147. The van der Waals surface area contributed by atoms with Gasteiger partial charge in [0.15, 0.2) is 0 Å². The third-order valence-electron chi connectivity index (χ3n) is 2.26. The van der Waals surface area contributed by atoms with Crippen molar-refractivity contribution in [1.29, 1.82) is 0 Å². The number of carbonyl (C=O) groups excluding carboxylic acids is 1. The molecule has 4 nitrogen and oxygen atoms in total. The standard InChI is InChI=1S/C11H15F3N2O2/c1-3-18-10(17)8(2)4-9-5-15-16(6-9)7-11(12,13)14/h5-6,8H,3-4,7H2,1-2H3. The van der Waals surface area contributed by atoms with Gasteiger partial charge in [-0.2, -0.15) is 18.3 Å². The molecule has 0 bridgehead atoms. The molecule has 7 heteroatoms. The first-order valence-corrected chi connectivity index (χ1v) is 5.56. The number of esters is 1. The van der Waals surface area contributed by atoms with Gasteiger partial charge in [0, 0.05) is 6.20 Å². The van der Waals surface area contributed by atoms with Crippen molar-refractivity contribution >= 4 is 5.97 Å². The van der Waals surface area contributed by atoms with Gasteiger partial charge in [0.1, 0.15) is 6.54 Å². The number of carbonyl (C=O) groups is 1. The number of halogens is 3. The predicted molar refractivity (Wildman–Crippen MR) is 57.8 cm³/mol. The summed E-state index contributed by atoms with van der Waals surface area (Å²) in [5.41, 5.74) is 0.583. The van der Waals surface area contributed by atoms with Crippen molar-refractivity contribution in [3.8, 4) is 0 Å². The zero-order valence-electron chi connectivity index (χ0n) is 10.2. The average Bonchev–Trinajstić information content (AvgIpc) is 2.63. The highest BCUT2D eigenvalue weighted by molar-refractivity contribution is 5.72. The fourth-order valence-corrected chi connectivity index (χ4v) is 1.50. The molecule has 0 saturated heterocycles. The molecular weight excluding hydrogens is 249 g/mol. The van der Waals surface area contributed by atoms with Gasteiger partial charge in [-0.3, -0.25) is 9.48 Å². The van der Waals surface area contributed by atoms with Crippen molar-refractivity contribution in [2.24, 2.45) is 5.92 Å². The molecule has 102 valence electrons. The molecule has 0 fully saturated rings. The van der Waals surface area contributed by atoms with Crippen LogP contribution in [0.2, 0.25) is 0 Å². The highest BCUT2D eigenvalue weighted by Crippen LogP contribution is 2.18. The Morgan fingerprint density at radius 3 is 2.78 bits per heavy atom. The van der Waals surface area contributed by atoms with Crippen LogP contribution >= 0.6 is 0 Å². The minimum atomic E-state index is -4.30. The van der Waals surface area contributed by atoms with Crippen molar-refractivity contribution in [2.75, 3.05) is 6.61 Å². The molecule has 0 radical (unpaired) electrons. The number of nitrogens with zero attached hydrogens (tertiary/aromatic N) is 2. The van der Waals surface area contributed by atoms with E-state index >= 15 is 0 Å². The molecule has 0 saturated carbocycles. The van der Waals surface area contributed by atoms with Crippen LogP contribution in [-0.4, -0.2) is 28.5 Å². The topological polar surface area (TPSA) is 44.1 Å². The molecule has 1 aromatic rings. The quantitative estimate of drug-likeness (QED) is 0.766. The van der Waals surface area contributed by atoms with Crippen LogP contribution in [0, 0.1) is 5.92 Å². The minimum Gasteiger partial charge on any atom is -0.466 e. The van der Waals surface area contributed by atoms with Crippen LogP contribution in [0.1, 0.15) is 19.4 Å². The summed E-state index contributed by atoms with van der Waals surface area (Å²) in [7, 11) is 0. The summed E-state index contributed by atoms with van der Waals surface area (Å²) < 4.78 is 42.0. The number of aromatic nitrogens is 2. The largest absolute Gasteiger partial charge is 0.466 e. The summed E-state index contributed by atoms with van der Waals surface area (Å²) in [4.78, 5) is 11.4. The Kier molecular flexibility index (Phi) is 4.75. The molecule has 1 aromatic heterocycles. The summed E-state index contributed by atoms with van der Waals surface area (Å²) in [6.45, 7) is 2.53. The van der Waals surface area contributed by atoms with E-state index < -0.39 is 18.6 Å². The van der Waals surface area contributed by atoms with Crippen molar-refractivity contribution in [3.63, 3.8) is 0 Å². The first-order chi connectivity index (χ1) is 8.31. The lowest BCUT2D eigenvalue weighted by Gasteiger charge is -2.08. The summed E-state index contributed by atoms with van der Waals surface area (Å²) >= 11 is 0. The van der Waals surface area contributed by atoms with E-state index in [2.05, 4.69) is 5.10 Å². The Hall–Kier alpha value is -1.53. The lowest BCUT2D eigenvalue weighted by Crippen LogP contribution is -2.18. The summed E-state index contributed by atoms with van der Waals surface area (Å²) in [6.07, 6.45) is -1.35. The fourth-order valence-electron chi connectivity index (χ4n) is 1.50. The zero-order valence-corrected chi connectivity index (χ0v) is 10.2. The van der Waals surface area contributed by atoms with Crippen LogP contribution in [-0.2, 0) is 22.5 Å². The van der Waals surface area contributed by atoms with E-state index in [1.165, 1.54) is 12.4 Å². The number of hydrogen-bond acceptors (Lipinski definition) is 3. The normalized spacial score (nSPS) is 13.4. The number of ether oxygens (including phenoxy) is 1. The van der Waals surface area contributed by atoms with E-state index in [9.17, 15) is 18.0 Å². The van der Waals surface area contributed by atoms with E-state index in [-0.39, 0.29) is 12.6 Å². The average molecular weight is 264 g/mol. The molecule has 1 rings (SSSR count). The van der Waals surface area contributed by atoms with Crippen molar-refractivity contribution in [2.45, 2.75) is 33.0 Å². The predicted octanol–water partition coefficient (Wildman–Crippen LogP) is 2.19. The van der Waals surface area contributed by atoms with Gasteiger partial charge < -0.3 is 4.74 Å². The maximum atomic E-state index is 12.1. The molecule has 0 N–H and O–H groups in total. The molecule has 1 heterocycles. The lowest BCUT2D eigenvalue weighted by atomic mass is 10.0. The van der Waals surface area contributed by atoms with Crippen LogP contribution in [0.4, 0.5) is 13.2 Å². The van der Waals surface area contributed by atoms with Crippen LogP contribution in [0.15, 0.2) is 12.4 Å². The SMILES string of the molecule is CCOC(=O)C(C)Cc1cnn(CC(F)(F)F)c1. The zero-order chi connectivity index (χ0) is 13.8. The van der Waals surface area contributed by atoms with Gasteiger partial charge in [0.05, 0.1) is 18.7 Å². The van der Waals surface area contributed by atoms with Crippen LogP contribution < -0.4 is 0 Å². The first-order valence-electron chi connectivity index (χ1n) is 5.56. The first kappa shape index (κ1) is 14.5. The second-order valence-corrected chi connectivity index (χ2v) is 4.02. The Balaban J connectivity index is 2.56. The maximum absolute atomic E-state index is 12.1. The van der Waals surface area contributed by atoms with Crippen LogP contribution in [0.25, 0.3) is 0 Å². The molecular formula is C11H15F3N2O2. The van der Waals surface area contributed by atoms with Crippen LogP contribution in [0.3, 0.4) is 0 Å². The molecule has 0 aromatic carbocycles. The van der Waals surface area contributed by atoms with E-state index in [1.807, 2.05) is 0 Å². The Bertz CT molecular complexity index is 401. The van der Waals surface area contributed by atoms with Gasteiger partial charge >= 0.3 is 12.1 Å². The molecule has 0 aliphatic heterocycles. The number of alkyl halides is 3. The molecule has 0 aliphatic carbocycles. The van der Waals surface area contributed by atoms with Gasteiger partial charge in [-0.05, 0) is 18.9 Å². The van der Waals surface area contributed by atoms with Crippen molar-refractivity contribution < 1.29 is 22.7 Å². The van der Waals surface area contributed by atoms with E-state index in [4.69, 9.17) is 4.74 Å². The molecule has 0 spiro atoms. The number of hydrogen-bond donors (Lipinski definition) is 0. The highest BCUT2D eigenvalue weighted by atomic mass is 19.4. The summed E-state index contributed by atoms with van der Waals surface area (Å²) in [5.74, 6) is -0.755. The third-order valence-corrected chi connectivity index (χ3v) is 2.26. The van der Waals surface area contributed by atoms with E-state index in [0.29, 0.717) is 12.0 Å². The monoisotopic (exact) mass is 264 g/mol. The molecule has 1 atom stereocenters. The molecule has 1 unspecified atom stereocenters. The van der Waals surface area contributed by atoms with Crippen molar-refractivity contribution in [1.82, 2.24) is 9.78 Å². The Morgan fingerprint density at radius 2 is 2.22 bits per heavy atom. The smallest absolute Gasteiger partial charge is 0.408 e. The number of rotatable bonds is 5. The van der Waals surface area contributed by atoms with Gasteiger partial charge in [0.2, 0.25) is 0 Å². The Labute approximate surface area is 103 Å². The molecule has 0 amide bonds. The van der Waals surface area contributed by atoms with Crippen LogP contribution in [0.5, 0.6) is 0 Å². The molecule has 0 aliphatic rings. The highest BCUT2D eigenvalue weighted by Gasteiger charge is 2.28. The van der Waals surface area contributed by atoms with Gasteiger partial charge in [-0.1, -0.05) is 6.92 Å². The van der Waals surface area contributed by atoms with Crippen molar-refractivity contribution in [3.05, 3.63) is 18.0 Å². The van der Waals surface area contributed by atoms with E-state index in [1.54, 1.807) is 13.8 Å². The second kappa shape index (κ2) is 5.88. The van der Waals surface area contributed by atoms with Gasteiger partial charge in [0.25, 0.3) is 0 Å². The summed E-state index contributed by atoms with van der Waals surface area (Å²) in [5, 5.41) is 3.60. The van der Waals surface area contributed by atoms with Gasteiger partial charge in [-0.25, -0.2) is 0 Å². The Morgan fingerprint density at radius 1 is 1.56 bits per heavy atom.